The summed E-state index contributed by atoms with van der Waals surface area (Å²) in [6, 6.07) is 10.6. The van der Waals surface area contributed by atoms with E-state index >= 15 is 0 Å². The summed E-state index contributed by atoms with van der Waals surface area (Å²) in [6.45, 7) is 6.62. The van der Waals surface area contributed by atoms with Crippen LogP contribution in [0.4, 0.5) is 5.69 Å². The molecule has 0 saturated heterocycles. The van der Waals surface area contributed by atoms with Gasteiger partial charge in [0, 0.05) is 11.3 Å². The highest BCUT2D eigenvalue weighted by molar-refractivity contribution is 5.99. The van der Waals surface area contributed by atoms with Crippen molar-refractivity contribution in [1.29, 1.82) is 0 Å². The van der Waals surface area contributed by atoms with Crippen LogP contribution in [-0.4, -0.2) is 25.0 Å². The normalized spacial score (nSPS) is 11.1. The molecule has 2 aromatic carbocycles. The number of oxime groups is 1. The minimum absolute atomic E-state index is 0.0270. The molecule has 7 nitrogen and oxygen atoms in total. The molecule has 27 heavy (non-hydrogen) atoms. The van der Waals surface area contributed by atoms with Crippen LogP contribution >= 0.6 is 0 Å². The fourth-order valence-electron chi connectivity index (χ4n) is 2.48. The van der Waals surface area contributed by atoms with Gasteiger partial charge in [0.1, 0.15) is 0 Å². The zero-order valence-electron chi connectivity index (χ0n) is 15.8. The fourth-order valence-corrected chi connectivity index (χ4v) is 2.48. The van der Waals surface area contributed by atoms with E-state index in [9.17, 15) is 4.79 Å². The monoisotopic (exact) mass is 371 g/mol. The maximum Gasteiger partial charge on any atom is 0.339 e. The highest BCUT2D eigenvalue weighted by Crippen LogP contribution is 2.28. The summed E-state index contributed by atoms with van der Waals surface area (Å²) >= 11 is 0. The van der Waals surface area contributed by atoms with Crippen molar-refractivity contribution in [3.8, 4) is 11.5 Å². The average Bonchev–Trinajstić information content (AvgIpc) is 2.64. The van der Waals surface area contributed by atoms with Crippen molar-refractivity contribution in [1.82, 2.24) is 0 Å². The van der Waals surface area contributed by atoms with E-state index in [1.165, 1.54) is 0 Å². The van der Waals surface area contributed by atoms with Crippen LogP contribution in [-0.2, 0) is 16.1 Å². The summed E-state index contributed by atoms with van der Waals surface area (Å²) in [5.41, 5.74) is 14.5. The molecular weight excluding hydrogens is 346 g/mol. The molecule has 0 spiro atoms. The number of carbonyl (C=O) groups excluding carboxylic acids is 1. The highest BCUT2D eigenvalue weighted by Gasteiger charge is 2.12. The number of benzene rings is 2. The number of rotatable bonds is 8. The Kier molecular flexibility index (Phi) is 7.05. The quantitative estimate of drug-likeness (QED) is 0.243. The lowest BCUT2D eigenvalue weighted by molar-refractivity contribution is -0.142. The van der Waals surface area contributed by atoms with Crippen LogP contribution in [0.1, 0.15) is 30.5 Å². The third-order valence-electron chi connectivity index (χ3n) is 3.85. The molecule has 0 radical (unpaired) electrons. The van der Waals surface area contributed by atoms with Gasteiger partial charge in [0.2, 0.25) is 0 Å². The largest absolute Gasteiger partial charge is 0.490 e. The summed E-state index contributed by atoms with van der Waals surface area (Å²) in [6.07, 6.45) is 0.0270. The van der Waals surface area contributed by atoms with Gasteiger partial charge in [-0.3, -0.25) is 0 Å². The SMILES string of the molecule is CCOc1ccc(CC(=O)O/N=C(\N)c2cccc(N)c2C)cc1OCC. The topological polar surface area (TPSA) is 109 Å². The van der Waals surface area contributed by atoms with E-state index in [2.05, 4.69) is 5.16 Å². The molecule has 0 aliphatic rings. The van der Waals surface area contributed by atoms with Gasteiger partial charge in [0.25, 0.3) is 0 Å². The Morgan fingerprint density at radius 2 is 1.78 bits per heavy atom. The van der Waals surface area contributed by atoms with E-state index in [1.807, 2.05) is 20.8 Å². The Bertz CT molecular complexity index is 834. The van der Waals surface area contributed by atoms with Gasteiger partial charge >= 0.3 is 5.97 Å². The summed E-state index contributed by atoms with van der Waals surface area (Å²) in [7, 11) is 0. The minimum atomic E-state index is -0.536. The van der Waals surface area contributed by atoms with Crippen molar-refractivity contribution < 1.29 is 19.1 Å². The smallest absolute Gasteiger partial charge is 0.339 e. The molecule has 0 atom stereocenters. The second-order valence-corrected chi connectivity index (χ2v) is 5.78. The van der Waals surface area contributed by atoms with Crippen molar-refractivity contribution in [2.24, 2.45) is 10.9 Å². The average molecular weight is 371 g/mol. The van der Waals surface area contributed by atoms with Crippen molar-refractivity contribution in [2.45, 2.75) is 27.2 Å². The summed E-state index contributed by atoms with van der Waals surface area (Å²) in [5, 5.41) is 3.73. The zero-order valence-corrected chi connectivity index (χ0v) is 15.8. The number of ether oxygens (including phenoxy) is 2. The van der Waals surface area contributed by atoms with Gasteiger partial charge in [-0.1, -0.05) is 23.4 Å². The lowest BCUT2D eigenvalue weighted by atomic mass is 10.1. The standard InChI is InChI=1S/C20H25N3O4/c1-4-25-17-10-9-14(11-18(17)26-5-2)12-19(24)27-23-20(22)15-7-6-8-16(21)13(15)3/h6-11H,4-5,12,21H2,1-3H3,(H2,22,23). The van der Waals surface area contributed by atoms with E-state index in [1.54, 1.807) is 36.4 Å². The maximum absolute atomic E-state index is 12.1. The minimum Gasteiger partial charge on any atom is -0.490 e. The molecule has 0 heterocycles. The molecule has 2 rings (SSSR count). The third kappa shape index (κ3) is 5.37. The zero-order chi connectivity index (χ0) is 19.8. The van der Waals surface area contributed by atoms with Gasteiger partial charge in [-0.15, -0.1) is 0 Å². The number of hydrogen-bond acceptors (Lipinski definition) is 6. The molecule has 144 valence electrons. The number of nitrogen functional groups attached to an aromatic ring is 1. The Morgan fingerprint density at radius 1 is 1.07 bits per heavy atom. The summed E-state index contributed by atoms with van der Waals surface area (Å²) in [4.78, 5) is 17.0. The molecule has 7 heteroatoms. The van der Waals surface area contributed by atoms with E-state index in [4.69, 9.17) is 25.8 Å². The van der Waals surface area contributed by atoms with E-state index in [0.717, 1.165) is 11.1 Å². The van der Waals surface area contributed by atoms with Crippen molar-refractivity contribution in [3.05, 3.63) is 53.1 Å². The lowest BCUT2D eigenvalue weighted by Gasteiger charge is -2.12. The van der Waals surface area contributed by atoms with Gasteiger partial charge in [-0.05, 0) is 50.1 Å². The number of carbonyl (C=O) groups is 1. The number of nitrogens with two attached hydrogens (primary N) is 2. The van der Waals surface area contributed by atoms with Crippen molar-refractivity contribution >= 4 is 17.5 Å². The van der Waals surface area contributed by atoms with Crippen LogP contribution in [0.15, 0.2) is 41.6 Å². The van der Waals surface area contributed by atoms with Crippen molar-refractivity contribution in [2.75, 3.05) is 18.9 Å². The fraction of sp³-hybridized carbons (Fsp3) is 0.300. The van der Waals surface area contributed by atoms with Crippen LogP contribution in [0.3, 0.4) is 0 Å². The maximum atomic E-state index is 12.1. The first-order valence-electron chi connectivity index (χ1n) is 8.73. The Hall–Kier alpha value is -3.22. The van der Waals surface area contributed by atoms with Gasteiger partial charge in [0.15, 0.2) is 17.3 Å². The number of hydrogen-bond donors (Lipinski definition) is 2. The molecule has 4 N–H and O–H groups in total. The van der Waals surface area contributed by atoms with Gasteiger partial charge in [0.05, 0.1) is 19.6 Å². The van der Waals surface area contributed by atoms with Crippen LogP contribution in [0, 0.1) is 6.92 Å². The summed E-state index contributed by atoms with van der Waals surface area (Å²) < 4.78 is 11.1. The lowest BCUT2D eigenvalue weighted by Crippen LogP contribution is -2.17. The first-order valence-corrected chi connectivity index (χ1v) is 8.73. The van der Waals surface area contributed by atoms with Crippen LogP contribution in [0.5, 0.6) is 11.5 Å². The molecule has 0 bridgehead atoms. The molecular formula is C20H25N3O4. The number of amidine groups is 1. The molecule has 0 saturated carbocycles. The van der Waals surface area contributed by atoms with Gasteiger partial charge in [-0.2, -0.15) is 0 Å². The van der Waals surface area contributed by atoms with E-state index in [-0.39, 0.29) is 12.3 Å². The van der Waals surface area contributed by atoms with E-state index < -0.39 is 5.97 Å². The molecule has 0 unspecified atom stereocenters. The second-order valence-electron chi connectivity index (χ2n) is 5.78. The number of nitrogens with zero attached hydrogens (tertiary/aromatic N) is 1. The summed E-state index contributed by atoms with van der Waals surface area (Å²) in [5.74, 6) is 0.778. The predicted molar refractivity (Wildman–Crippen MR) is 105 cm³/mol. The number of anilines is 1. The predicted octanol–water partition coefficient (Wildman–Crippen LogP) is 2.78. The van der Waals surface area contributed by atoms with E-state index in [0.29, 0.717) is 36.0 Å². The molecule has 0 amide bonds. The van der Waals surface area contributed by atoms with Gasteiger partial charge < -0.3 is 25.8 Å². The van der Waals surface area contributed by atoms with Crippen molar-refractivity contribution in [3.63, 3.8) is 0 Å². The Balaban J connectivity index is 2.06. The molecule has 0 aliphatic heterocycles. The second kappa shape index (κ2) is 9.47. The third-order valence-corrected chi connectivity index (χ3v) is 3.85. The molecule has 0 fully saturated rings. The van der Waals surface area contributed by atoms with Gasteiger partial charge in [-0.25, -0.2) is 4.79 Å². The Morgan fingerprint density at radius 3 is 2.48 bits per heavy atom. The van der Waals surface area contributed by atoms with Crippen LogP contribution in [0.25, 0.3) is 0 Å². The molecule has 0 aromatic heterocycles. The van der Waals surface area contributed by atoms with Crippen LogP contribution in [0.2, 0.25) is 0 Å². The molecule has 2 aromatic rings. The Labute approximate surface area is 158 Å². The first kappa shape index (κ1) is 20.1. The van der Waals surface area contributed by atoms with Crippen LogP contribution < -0.4 is 20.9 Å². The highest BCUT2D eigenvalue weighted by atomic mass is 16.7. The molecule has 0 aliphatic carbocycles. The first-order chi connectivity index (χ1) is 13.0.